The molecule has 0 amide bonds. The van der Waals surface area contributed by atoms with Crippen molar-refractivity contribution in [3.05, 3.63) is 0 Å². The molecule has 2 rings (SSSR count). The Labute approximate surface area is 75.5 Å². The summed E-state index contributed by atoms with van der Waals surface area (Å²) in [5.41, 5.74) is 0.652. The van der Waals surface area contributed by atoms with E-state index in [0.29, 0.717) is 5.41 Å². The standard InChI is InChI=1S/C11H20O/c1-9(2)5-10-6-11(7-10)3-4-12-8-11/h9-10H,3-8H2,1-2H3. The lowest BCUT2D eigenvalue weighted by atomic mass is 9.60. The van der Waals surface area contributed by atoms with Crippen LogP contribution in [0, 0.1) is 17.3 Å². The maximum atomic E-state index is 5.46. The minimum absolute atomic E-state index is 0.652. The molecule has 1 nitrogen and oxygen atoms in total. The lowest BCUT2D eigenvalue weighted by Gasteiger charge is -2.45. The average molecular weight is 168 g/mol. The van der Waals surface area contributed by atoms with Crippen molar-refractivity contribution in [2.24, 2.45) is 17.3 Å². The van der Waals surface area contributed by atoms with E-state index in [0.717, 1.165) is 25.0 Å². The molecule has 1 aliphatic heterocycles. The second-order valence-electron chi connectivity index (χ2n) is 5.21. The van der Waals surface area contributed by atoms with Crippen LogP contribution in [0.3, 0.4) is 0 Å². The third kappa shape index (κ3) is 1.52. The smallest absolute Gasteiger partial charge is 0.0523 e. The van der Waals surface area contributed by atoms with E-state index >= 15 is 0 Å². The van der Waals surface area contributed by atoms with Gasteiger partial charge in [-0.05, 0) is 42.9 Å². The lowest BCUT2D eigenvalue weighted by Crippen LogP contribution is -2.38. The zero-order valence-corrected chi connectivity index (χ0v) is 8.31. The first-order valence-corrected chi connectivity index (χ1v) is 5.28. The van der Waals surface area contributed by atoms with E-state index < -0.39 is 0 Å². The van der Waals surface area contributed by atoms with Gasteiger partial charge in [-0.25, -0.2) is 0 Å². The molecule has 0 radical (unpaired) electrons. The van der Waals surface area contributed by atoms with Crippen LogP contribution in [-0.4, -0.2) is 13.2 Å². The quantitative estimate of drug-likeness (QED) is 0.616. The van der Waals surface area contributed by atoms with Crippen LogP contribution in [0.1, 0.15) is 39.5 Å². The van der Waals surface area contributed by atoms with Crippen LogP contribution in [0.25, 0.3) is 0 Å². The van der Waals surface area contributed by atoms with E-state index in [2.05, 4.69) is 13.8 Å². The molecule has 1 aliphatic carbocycles. The first-order chi connectivity index (χ1) is 5.70. The molecule has 1 spiro atoms. The summed E-state index contributed by atoms with van der Waals surface area (Å²) in [7, 11) is 0. The molecule has 0 aromatic rings. The number of ether oxygens (including phenoxy) is 1. The Balaban J connectivity index is 1.75. The Hall–Kier alpha value is -0.0400. The summed E-state index contributed by atoms with van der Waals surface area (Å²) in [4.78, 5) is 0. The van der Waals surface area contributed by atoms with Crippen molar-refractivity contribution in [2.75, 3.05) is 13.2 Å². The van der Waals surface area contributed by atoms with Crippen molar-refractivity contribution in [3.8, 4) is 0 Å². The predicted octanol–water partition coefficient (Wildman–Crippen LogP) is 2.85. The average Bonchev–Trinajstić information content (AvgIpc) is 2.33. The Morgan fingerprint density at radius 1 is 1.42 bits per heavy atom. The van der Waals surface area contributed by atoms with Crippen molar-refractivity contribution >= 4 is 0 Å². The first-order valence-electron chi connectivity index (χ1n) is 5.28. The van der Waals surface area contributed by atoms with Gasteiger partial charge >= 0.3 is 0 Å². The van der Waals surface area contributed by atoms with Crippen LogP contribution in [0.4, 0.5) is 0 Å². The van der Waals surface area contributed by atoms with Crippen molar-refractivity contribution in [3.63, 3.8) is 0 Å². The molecule has 0 aromatic heterocycles. The van der Waals surface area contributed by atoms with Crippen LogP contribution < -0.4 is 0 Å². The molecule has 2 aliphatic rings. The fourth-order valence-corrected chi connectivity index (χ4v) is 2.97. The summed E-state index contributed by atoms with van der Waals surface area (Å²) in [6.45, 7) is 6.74. The van der Waals surface area contributed by atoms with Crippen LogP contribution in [0.15, 0.2) is 0 Å². The highest BCUT2D eigenvalue weighted by Crippen LogP contribution is 2.52. The molecule has 1 saturated carbocycles. The molecule has 2 fully saturated rings. The molecule has 1 heterocycles. The van der Waals surface area contributed by atoms with E-state index in [-0.39, 0.29) is 0 Å². The molecule has 0 aromatic carbocycles. The topological polar surface area (TPSA) is 9.23 Å². The van der Waals surface area contributed by atoms with Gasteiger partial charge in [-0.2, -0.15) is 0 Å². The second kappa shape index (κ2) is 3.02. The minimum Gasteiger partial charge on any atom is -0.381 e. The summed E-state index contributed by atoms with van der Waals surface area (Å²) >= 11 is 0. The molecule has 1 heteroatoms. The SMILES string of the molecule is CC(C)CC1CC2(CCOC2)C1. The van der Waals surface area contributed by atoms with E-state index in [9.17, 15) is 0 Å². The van der Waals surface area contributed by atoms with E-state index in [1.165, 1.54) is 25.7 Å². The monoisotopic (exact) mass is 168 g/mol. The highest BCUT2D eigenvalue weighted by atomic mass is 16.5. The van der Waals surface area contributed by atoms with Gasteiger partial charge in [0.1, 0.15) is 0 Å². The molecule has 0 unspecified atom stereocenters. The van der Waals surface area contributed by atoms with Crippen LogP contribution in [0.5, 0.6) is 0 Å². The number of hydrogen-bond acceptors (Lipinski definition) is 1. The fraction of sp³-hybridized carbons (Fsp3) is 1.00. The van der Waals surface area contributed by atoms with Crippen LogP contribution in [-0.2, 0) is 4.74 Å². The van der Waals surface area contributed by atoms with Crippen LogP contribution in [0.2, 0.25) is 0 Å². The fourth-order valence-electron chi connectivity index (χ4n) is 2.97. The largest absolute Gasteiger partial charge is 0.381 e. The first kappa shape index (κ1) is 8.55. The van der Waals surface area contributed by atoms with Crippen molar-refractivity contribution < 1.29 is 4.74 Å². The Morgan fingerprint density at radius 3 is 2.67 bits per heavy atom. The molecule has 0 bridgehead atoms. The summed E-state index contributed by atoms with van der Waals surface area (Å²) in [5, 5.41) is 0. The van der Waals surface area contributed by atoms with Gasteiger partial charge in [-0.1, -0.05) is 13.8 Å². The van der Waals surface area contributed by atoms with Gasteiger partial charge in [-0.3, -0.25) is 0 Å². The summed E-state index contributed by atoms with van der Waals surface area (Å²) < 4.78 is 5.46. The lowest BCUT2D eigenvalue weighted by molar-refractivity contribution is 0.0277. The predicted molar refractivity (Wildman–Crippen MR) is 50.0 cm³/mol. The second-order valence-corrected chi connectivity index (χ2v) is 5.21. The molecule has 0 N–H and O–H groups in total. The zero-order valence-electron chi connectivity index (χ0n) is 8.31. The molecule has 1 saturated heterocycles. The number of rotatable bonds is 2. The van der Waals surface area contributed by atoms with Gasteiger partial charge in [0.15, 0.2) is 0 Å². The summed E-state index contributed by atoms with van der Waals surface area (Å²) in [5.74, 6) is 1.90. The Morgan fingerprint density at radius 2 is 2.17 bits per heavy atom. The van der Waals surface area contributed by atoms with E-state index in [4.69, 9.17) is 4.74 Å². The maximum absolute atomic E-state index is 5.46. The van der Waals surface area contributed by atoms with Gasteiger partial charge in [0.05, 0.1) is 6.61 Å². The molecular formula is C11H20O. The third-order valence-corrected chi connectivity index (χ3v) is 3.43. The number of hydrogen-bond donors (Lipinski definition) is 0. The highest BCUT2D eigenvalue weighted by Gasteiger charge is 2.46. The van der Waals surface area contributed by atoms with Crippen molar-refractivity contribution in [2.45, 2.75) is 39.5 Å². The van der Waals surface area contributed by atoms with Gasteiger partial charge in [0.2, 0.25) is 0 Å². The van der Waals surface area contributed by atoms with Crippen LogP contribution >= 0.6 is 0 Å². The van der Waals surface area contributed by atoms with Crippen molar-refractivity contribution in [1.82, 2.24) is 0 Å². The van der Waals surface area contributed by atoms with Gasteiger partial charge < -0.3 is 4.74 Å². The molecule has 0 atom stereocenters. The molecule has 12 heavy (non-hydrogen) atoms. The minimum atomic E-state index is 0.652. The van der Waals surface area contributed by atoms with E-state index in [1.54, 1.807) is 0 Å². The van der Waals surface area contributed by atoms with Gasteiger partial charge in [0, 0.05) is 6.61 Å². The normalized spacial score (nSPS) is 40.8. The summed E-state index contributed by atoms with van der Waals surface area (Å²) in [6.07, 6.45) is 5.67. The zero-order chi connectivity index (χ0) is 8.60. The highest BCUT2D eigenvalue weighted by molar-refractivity contribution is 4.95. The Kier molecular flexibility index (Phi) is 2.16. The molecular weight excluding hydrogens is 148 g/mol. The maximum Gasteiger partial charge on any atom is 0.0523 e. The third-order valence-electron chi connectivity index (χ3n) is 3.43. The molecule has 70 valence electrons. The van der Waals surface area contributed by atoms with Gasteiger partial charge in [0.25, 0.3) is 0 Å². The van der Waals surface area contributed by atoms with Crippen molar-refractivity contribution in [1.29, 1.82) is 0 Å². The Bertz CT molecular complexity index is 148. The van der Waals surface area contributed by atoms with Gasteiger partial charge in [-0.15, -0.1) is 0 Å². The van der Waals surface area contributed by atoms with E-state index in [1.807, 2.05) is 0 Å². The summed E-state index contributed by atoms with van der Waals surface area (Å²) in [6, 6.07) is 0.